The Morgan fingerprint density at radius 2 is 2.14 bits per heavy atom. The second-order valence-corrected chi connectivity index (χ2v) is 5.29. The van der Waals surface area contributed by atoms with Gasteiger partial charge in [-0.15, -0.1) is 0 Å². The van der Waals surface area contributed by atoms with Gasteiger partial charge in [-0.2, -0.15) is 0 Å². The van der Waals surface area contributed by atoms with Gasteiger partial charge in [0.2, 0.25) is 0 Å². The van der Waals surface area contributed by atoms with Crippen molar-refractivity contribution in [1.29, 1.82) is 0 Å². The van der Waals surface area contributed by atoms with E-state index >= 15 is 0 Å². The highest BCUT2D eigenvalue weighted by molar-refractivity contribution is 5.88. The van der Waals surface area contributed by atoms with Gasteiger partial charge in [-0.3, -0.25) is 4.79 Å². The number of carbonyl (C=O) groups excluding carboxylic acids is 1. The predicted octanol–water partition coefficient (Wildman–Crippen LogP) is 0.185. The Bertz CT molecular complexity index is 560. The second kappa shape index (κ2) is 5.83. The molecule has 21 heavy (non-hydrogen) atoms. The van der Waals surface area contributed by atoms with Crippen LogP contribution in [-0.2, 0) is 20.7 Å². The summed E-state index contributed by atoms with van der Waals surface area (Å²) in [6.45, 7) is 1.74. The maximum Gasteiger partial charge on any atom is 0.327 e. The van der Waals surface area contributed by atoms with Crippen LogP contribution >= 0.6 is 0 Å². The topological polar surface area (TPSA) is 78.9 Å². The maximum absolute atomic E-state index is 12.7. The summed E-state index contributed by atoms with van der Waals surface area (Å²) < 4.78 is 5.64. The third-order valence-corrected chi connectivity index (χ3v) is 4.03. The summed E-state index contributed by atoms with van der Waals surface area (Å²) in [4.78, 5) is 25.5. The standard InChI is InChI=1S/C15H18N2O4/c18-14(17-7-6-16-9-12(17)15(19)20)13-11-4-2-1-3-10(11)5-8-21-13/h1-4,12-13,16H,5-9H2,(H,19,20). The van der Waals surface area contributed by atoms with Crippen LogP contribution in [0, 0.1) is 0 Å². The van der Waals surface area contributed by atoms with Crippen LogP contribution in [0.2, 0.25) is 0 Å². The van der Waals surface area contributed by atoms with E-state index in [-0.39, 0.29) is 12.5 Å². The number of aliphatic carboxylic acids is 1. The summed E-state index contributed by atoms with van der Waals surface area (Å²) in [7, 11) is 0. The molecule has 112 valence electrons. The van der Waals surface area contributed by atoms with Crippen molar-refractivity contribution in [2.75, 3.05) is 26.2 Å². The number of benzene rings is 1. The van der Waals surface area contributed by atoms with Crippen LogP contribution in [0.25, 0.3) is 0 Å². The average molecular weight is 290 g/mol. The molecule has 0 aliphatic carbocycles. The quantitative estimate of drug-likeness (QED) is 0.812. The molecule has 1 saturated heterocycles. The Balaban J connectivity index is 1.86. The third kappa shape index (κ3) is 2.64. The lowest BCUT2D eigenvalue weighted by Crippen LogP contribution is -2.58. The summed E-state index contributed by atoms with van der Waals surface area (Å²) in [5.41, 5.74) is 1.96. The number of carboxylic acids is 1. The predicted molar refractivity (Wildman–Crippen MR) is 74.8 cm³/mol. The molecule has 2 N–H and O–H groups in total. The Morgan fingerprint density at radius 3 is 2.95 bits per heavy atom. The summed E-state index contributed by atoms with van der Waals surface area (Å²) in [6, 6.07) is 6.86. The van der Waals surface area contributed by atoms with E-state index in [0.717, 1.165) is 17.5 Å². The van der Waals surface area contributed by atoms with Crippen LogP contribution in [0.1, 0.15) is 17.2 Å². The van der Waals surface area contributed by atoms with Crippen molar-refractivity contribution in [2.24, 2.45) is 0 Å². The lowest BCUT2D eigenvalue weighted by Gasteiger charge is -2.37. The van der Waals surface area contributed by atoms with Crippen LogP contribution in [0.5, 0.6) is 0 Å². The van der Waals surface area contributed by atoms with Crippen molar-refractivity contribution in [1.82, 2.24) is 10.2 Å². The number of carboxylic acid groups (broad SMARTS) is 1. The van der Waals surface area contributed by atoms with Crippen LogP contribution < -0.4 is 5.32 Å². The Labute approximate surface area is 122 Å². The molecule has 2 aliphatic rings. The molecule has 2 heterocycles. The van der Waals surface area contributed by atoms with Gasteiger partial charge in [-0.25, -0.2) is 4.79 Å². The second-order valence-electron chi connectivity index (χ2n) is 5.29. The summed E-state index contributed by atoms with van der Waals surface area (Å²) >= 11 is 0. The number of fused-ring (bicyclic) bond motifs is 1. The fourth-order valence-corrected chi connectivity index (χ4v) is 2.94. The molecule has 2 atom stereocenters. The van der Waals surface area contributed by atoms with Gasteiger partial charge in [0, 0.05) is 19.6 Å². The van der Waals surface area contributed by atoms with Crippen molar-refractivity contribution in [3.05, 3.63) is 35.4 Å². The van der Waals surface area contributed by atoms with Crippen molar-refractivity contribution in [3.63, 3.8) is 0 Å². The van der Waals surface area contributed by atoms with Gasteiger partial charge in [0.15, 0.2) is 6.10 Å². The Hall–Kier alpha value is -1.92. The fraction of sp³-hybridized carbons (Fsp3) is 0.467. The molecule has 0 saturated carbocycles. The maximum atomic E-state index is 12.7. The van der Waals surface area contributed by atoms with Gasteiger partial charge in [0.1, 0.15) is 6.04 Å². The van der Waals surface area contributed by atoms with Gasteiger partial charge in [0.05, 0.1) is 6.61 Å². The minimum Gasteiger partial charge on any atom is -0.480 e. The number of hydrogen-bond acceptors (Lipinski definition) is 4. The summed E-state index contributed by atoms with van der Waals surface area (Å²) in [5.74, 6) is -1.24. The number of hydrogen-bond donors (Lipinski definition) is 2. The molecule has 1 amide bonds. The highest BCUT2D eigenvalue weighted by Gasteiger charge is 2.38. The molecule has 0 bridgehead atoms. The minimum absolute atomic E-state index is 0.254. The van der Waals surface area contributed by atoms with Crippen molar-refractivity contribution in [2.45, 2.75) is 18.6 Å². The average Bonchev–Trinajstić information content (AvgIpc) is 2.53. The zero-order chi connectivity index (χ0) is 14.8. The van der Waals surface area contributed by atoms with E-state index in [0.29, 0.717) is 19.7 Å². The van der Waals surface area contributed by atoms with Gasteiger partial charge < -0.3 is 20.1 Å². The van der Waals surface area contributed by atoms with Crippen LogP contribution in [0.15, 0.2) is 24.3 Å². The molecular formula is C15H18N2O4. The number of nitrogens with one attached hydrogen (secondary N) is 1. The van der Waals surface area contributed by atoms with Gasteiger partial charge in [-0.05, 0) is 17.5 Å². The van der Waals surface area contributed by atoms with Crippen LogP contribution in [0.3, 0.4) is 0 Å². The first-order valence-corrected chi connectivity index (χ1v) is 7.12. The third-order valence-electron chi connectivity index (χ3n) is 4.03. The largest absolute Gasteiger partial charge is 0.480 e. The molecule has 1 fully saturated rings. The molecule has 0 radical (unpaired) electrons. The molecule has 6 heteroatoms. The molecule has 0 spiro atoms. The number of carbonyl (C=O) groups is 2. The summed E-state index contributed by atoms with van der Waals surface area (Å²) in [5, 5.41) is 12.3. The number of rotatable bonds is 2. The number of amides is 1. The molecule has 1 aromatic rings. The first kappa shape index (κ1) is 14.0. The molecular weight excluding hydrogens is 272 g/mol. The monoisotopic (exact) mass is 290 g/mol. The number of piperazine rings is 1. The van der Waals surface area contributed by atoms with E-state index in [4.69, 9.17) is 4.74 Å². The van der Waals surface area contributed by atoms with Gasteiger partial charge in [-0.1, -0.05) is 24.3 Å². The van der Waals surface area contributed by atoms with Crippen molar-refractivity contribution < 1.29 is 19.4 Å². The molecule has 6 nitrogen and oxygen atoms in total. The SMILES string of the molecule is O=C(O)C1CNCCN1C(=O)C1OCCc2ccccc21. The van der Waals surface area contributed by atoms with Crippen LogP contribution in [-0.4, -0.2) is 54.2 Å². The Kier molecular flexibility index (Phi) is 3.90. The van der Waals surface area contributed by atoms with E-state index < -0.39 is 18.1 Å². The normalized spacial score (nSPS) is 25.2. The molecule has 1 aromatic carbocycles. The Morgan fingerprint density at radius 1 is 1.33 bits per heavy atom. The van der Waals surface area contributed by atoms with E-state index in [1.165, 1.54) is 4.90 Å². The first-order chi connectivity index (χ1) is 10.2. The first-order valence-electron chi connectivity index (χ1n) is 7.12. The lowest BCUT2D eigenvalue weighted by atomic mass is 9.96. The zero-order valence-corrected chi connectivity index (χ0v) is 11.6. The number of ether oxygens (including phenoxy) is 1. The molecule has 2 aliphatic heterocycles. The van der Waals surface area contributed by atoms with Gasteiger partial charge in [0.25, 0.3) is 5.91 Å². The molecule has 3 rings (SSSR count). The highest BCUT2D eigenvalue weighted by Crippen LogP contribution is 2.29. The minimum atomic E-state index is -0.986. The number of nitrogens with zero attached hydrogens (tertiary/aromatic N) is 1. The lowest BCUT2D eigenvalue weighted by molar-refractivity contribution is -0.158. The zero-order valence-electron chi connectivity index (χ0n) is 11.6. The van der Waals surface area contributed by atoms with Crippen LogP contribution in [0.4, 0.5) is 0 Å². The highest BCUT2D eigenvalue weighted by atomic mass is 16.5. The van der Waals surface area contributed by atoms with E-state index in [2.05, 4.69) is 5.32 Å². The smallest absolute Gasteiger partial charge is 0.327 e. The van der Waals surface area contributed by atoms with Gasteiger partial charge >= 0.3 is 5.97 Å². The molecule has 0 aromatic heterocycles. The van der Waals surface area contributed by atoms with E-state index in [1.54, 1.807) is 0 Å². The fourth-order valence-electron chi connectivity index (χ4n) is 2.94. The van der Waals surface area contributed by atoms with Crippen molar-refractivity contribution >= 4 is 11.9 Å². The summed E-state index contributed by atoms with van der Waals surface area (Å²) in [6.07, 6.45) is 0.0963. The molecule has 2 unspecified atom stereocenters. The van der Waals surface area contributed by atoms with Crippen molar-refractivity contribution in [3.8, 4) is 0 Å². The van der Waals surface area contributed by atoms with E-state index in [1.807, 2.05) is 24.3 Å². The van der Waals surface area contributed by atoms with E-state index in [9.17, 15) is 14.7 Å².